The first-order valence-electron chi connectivity index (χ1n) is 6.12. The molecule has 0 fully saturated rings. The smallest absolute Gasteiger partial charge is 0.0943 e. The third kappa shape index (κ3) is 2.79. The molecule has 0 atom stereocenters. The lowest BCUT2D eigenvalue weighted by Crippen LogP contribution is -1.98. The Labute approximate surface area is 120 Å². The monoisotopic (exact) mass is 315 g/mol. The van der Waals surface area contributed by atoms with Crippen LogP contribution in [-0.4, -0.2) is 9.78 Å². The van der Waals surface area contributed by atoms with E-state index in [1.54, 1.807) is 0 Å². The maximum absolute atomic E-state index is 4.41. The van der Waals surface area contributed by atoms with E-state index < -0.39 is 0 Å². The van der Waals surface area contributed by atoms with Gasteiger partial charge < -0.3 is 5.32 Å². The minimum absolute atomic E-state index is 0.811. The molecule has 0 aliphatic rings. The third-order valence-corrected chi connectivity index (χ3v) is 3.56. The second kappa shape index (κ2) is 5.05. The molecule has 0 saturated heterocycles. The molecule has 4 heteroatoms. The van der Waals surface area contributed by atoms with Gasteiger partial charge >= 0.3 is 0 Å². The van der Waals surface area contributed by atoms with Gasteiger partial charge in [-0.25, -0.2) is 0 Å². The van der Waals surface area contributed by atoms with Crippen molar-refractivity contribution < 1.29 is 0 Å². The molecular weight excluding hydrogens is 302 g/mol. The van der Waals surface area contributed by atoms with Crippen LogP contribution in [0.5, 0.6) is 0 Å². The van der Waals surface area contributed by atoms with Crippen molar-refractivity contribution in [1.82, 2.24) is 9.78 Å². The number of halogens is 1. The fourth-order valence-electron chi connectivity index (χ4n) is 2.06. The Bertz CT molecular complexity index is 701. The summed E-state index contributed by atoms with van der Waals surface area (Å²) in [7, 11) is 1.94. The number of anilines is 1. The first-order valence-corrected chi connectivity index (χ1v) is 6.92. The molecule has 2 aromatic carbocycles. The molecule has 19 heavy (non-hydrogen) atoms. The number of aromatic nitrogens is 2. The van der Waals surface area contributed by atoms with E-state index in [9.17, 15) is 0 Å². The molecule has 0 saturated carbocycles. The summed E-state index contributed by atoms with van der Waals surface area (Å²) in [5.41, 5.74) is 3.36. The molecule has 3 aromatic rings. The maximum atomic E-state index is 4.41. The zero-order valence-electron chi connectivity index (χ0n) is 10.6. The summed E-state index contributed by atoms with van der Waals surface area (Å²) in [6, 6.07) is 14.6. The van der Waals surface area contributed by atoms with E-state index >= 15 is 0 Å². The quantitative estimate of drug-likeness (QED) is 0.793. The summed E-state index contributed by atoms with van der Waals surface area (Å²) in [5.74, 6) is 0. The second-order valence-corrected chi connectivity index (χ2v) is 5.47. The van der Waals surface area contributed by atoms with E-state index in [2.05, 4.69) is 68.8 Å². The Balaban J connectivity index is 1.75. The minimum Gasteiger partial charge on any atom is -0.381 e. The highest BCUT2D eigenvalue weighted by molar-refractivity contribution is 9.10. The van der Waals surface area contributed by atoms with Gasteiger partial charge in [-0.3, -0.25) is 4.68 Å². The number of rotatable bonds is 3. The molecule has 0 spiro atoms. The topological polar surface area (TPSA) is 29.9 Å². The number of hydrogen-bond acceptors (Lipinski definition) is 2. The first kappa shape index (κ1) is 12.2. The van der Waals surface area contributed by atoms with Crippen LogP contribution in [0.4, 0.5) is 5.69 Å². The van der Waals surface area contributed by atoms with Crippen molar-refractivity contribution in [3.8, 4) is 0 Å². The van der Waals surface area contributed by atoms with Crippen LogP contribution in [0.25, 0.3) is 10.9 Å². The number of benzene rings is 2. The van der Waals surface area contributed by atoms with Crippen molar-refractivity contribution in [2.24, 2.45) is 7.05 Å². The van der Waals surface area contributed by atoms with E-state index in [1.807, 2.05) is 17.9 Å². The Hall–Kier alpha value is -1.81. The van der Waals surface area contributed by atoms with E-state index in [0.717, 1.165) is 27.6 Å². The van der Waals surface area contributed by atoms with Gasteiger partial charge in [0.1, 0.15) is 0 Å². The molecule has 0 unspecified atom stereocenters. The highest BCUT2D eigenvalue weighted by atomic mass is 79.9. The lowest BCUT2D eigenvalue weighted by atomic mass is 10.2. The Morgan fingerprint density at radius 1 is 1.16 bits per heavy atom. The van der Waals surface area contributed by atoms with Crippen molar-refractivity contribution in [3.05, 3.63) is 58.7 Å². The molecule has 3 nitrogen and oxygen atoms in total. The van der Waals surface area contributed by atoms with Gasteiger partial charge in [-0.2, -0.15) is 5.10 Å². The normalized spacial score (nSPS) is 10.8. The van der Waals surface area contributed by atoms with Crippen LogP contribution >= 0.6 is 15.9 Å². The molecule has 0 aliphatic heterocycles. The molecular formula is C15H14BrN3. The third-order valence-electron chi connectivity index (χ3n) is 3.03. The fraction of sp³-hybridized carbons (Fsp3) is 0.133. The van der Waals surface area contributed by atoms with Crippen LogP contribution in [0.3, 0.4) is 0 Å². The van der Waals surface area contributed by atoms with Gasteiger partial charge in [-0.1, -0.05) is 28.1 Å². The van der Waals surface area contributed by atoms with Crippen LogP contribution in [0.1, 0.15) is 5.56 Å². The predicted molar refractivity (Wildman–Crippen MR) is 82.2 cm³/mol. The number of fused-ring (bicyclic) bond motifs is 1. The number of hydrogen-bond donors (Lipinski definition) is 1. The van der Waals surface area contributed by atoms with Gasteiger partial charge in [0, 0.05) is 35.3 Å². The fourth-order valence-corrected chi connectivity index (χ4v) is 2.32. The zero-order chi connectivity index (χ0) is 13.2. The van der Waals surface area contributed by atoms with E-state index in [4.69, 9.17) is 0 Å². The minimum atomic E-state index is 0.811. The van der Waals surface area contributed by atoms with Gasteiger partial charge in [-0.15, -0.1) is 0 Å². The molecule has 3 rings (SSSR count). The van der Waals surface area contributed by atoms with E-state index in [1.165, 1.54) is 5.56 Å². The van der Waals surface area contributed by atoms with Gasteiger partial charge in [0.2, 0.25) is 0 Å². The van der Waals surface area contributed by atoms with Crippen LogP contribution in [0.15, 0.2) is 53.1 Å². The lowest BCUT2D eigenvalue weighted by molar-refractivity contribution is 0.780. The molecule has 96 valence electrons. The van der Waals surface area contributed by atoms with Crippen LogP contribution in [0, 0.1) is 0 Å². The zero-order valence-corrected chi connectivity index (χ0v) is 12.2. The molecule has 0 radical (unpaired) electrons. The molecule has 1 heterocycles. The summed E-state index contributed by atoms with van der Waals surface area (Å²) in [6.45, 7) is 0.811. The van der Waals surface area contributed by atoms with Crippen molar-refractivity contribution in [2.75, 3.05) is 5.32 Å². The number of nitrogens with one attached hydrogen (secondary N) is 1. The van der Waals surface area contributed by atoms with Crippen molar-refractivity contribution in [2.45, 2.75) is 6.54 Å². The van der Waals surface area contributed by atoms with Crippen molar-refractivity contribution >= 4 is 32.5 Å². The summed E-state index contributed by atoms with van der Waals surface area (Å²) < 4.78 is 2.94. The van der Waals surface area contributed by atoms with Gasteiger partial charge in [-0.05, 0) is 35.9 Å². The Morgan fingerprint density at radius 2 is 1.95 bits per heavy atom. The summed E-state index contributed by atoms with van der Waals surface area (Å²) >= 11 is 3.44. The SMILES string of the molecule is Cn1cc2ccc(NCc3ccc(Br)cc3)cc2n1. The molecule has 1 N–H and O–H groups in total. The molecule has 0 bridgehead atoms. The number of aryl methyl sites for hydroxylation is 1. The van der Waals surface area contributed by atoms with Gasteiger partial charge in [0.05, 0.1) is 5.52 Å². The van der Waals surface area contributed by atoms with Crippen LogP contribution < -0.4 is 5.32 Å². The van der Waals surface area contributed by atoms with Crippen LogP contribution in [0.2, 0.25) is 0 Å². The average Bonchev–Trinajstić information content (AvgIpc) is 2.77. The highest BCUT2D eigenvalue weighted by Crippen LogP contribution is 2.18. The molecule has 0 aliphatic carbocycles. The Morgan fingerprint density at radius 3 is 2.74 bits per heavy atom. The van der Waals surface area contributed by atoms with E-state index in [0.29, 0.717) is 0 Å². The number of nitrogens with zero attached hydrogens (tertiary/aromatic N) is 2. The second-order valence-electron chi connectivity index (χ2n) is 4.56. The predicted octanol–water partition coefficient (Wildman–Crippen LogP) is 3.95. The van der Waals surface area contributed by atoms with E-state index in [-0.39, 0.29) is 0 Å². The van der Waals surface area contributed by atoms with Crippen LogP contribution in [-0.2, 0) is 13.6 Å². The summed E-state index contributed by atoms with van der Waals surface area (Å²) in [6.07, 6.45) is 2.02. The first-order chi connectivity index (χ1) is 9.20. The Kier molecular flexibility index (Phi) is 3.25. The summed E-state index contributed by atoms with van der Waals surface area (Å²) in [4.78, 5) is 0. The molecule has 1 aromatic heterocycles. The maximum Gasteiger partial charge on any atom is 0.0943 e. The summed E-state index contributed by atoms with van der Waals surface area (Å²) in [5, 5.41) is 8.99. The average molecular weight is 316 g/mol. The largest absolute Gasteiger partial charge is 0.381 e. The molecule has 0 amide bonds. The van der Waals surface area contributed by atoms with Crippen molar-refractivity contribution in [1.29, 1.82) is 0 Å². The van der Waals surface area contributed by atoms with Gasteiger partial charge in [0.15, 0.2) is 0 Å². The van der Waals surface area contributed by atoms with Gasteiger partial charge in [0.25, 0.3) is 0 Å². The van der Waals surface area contributed by atoms with Crippen molar-refractivity contribution in [3.63, 3.8) is 0 Å². The lowest BCUT2D eigenvalue weighted by Gasteiger charge is -2.06. The standard InChI is InChI=1S/C15H14BrN3/c1-19-10-12-4-7-14(8-15(12)18-19)17-9-11-2-5-13(16)6-3-11/h2-8,10,17H,9H2,1H3. The highest BCUT2D eigenvalue weighted by Gasteiger charge is 2.00.